The molecule has 0 unspecified atom stereocenters. The quantitative estimate of drug-likeness (QED) is 0.749. The van der Waals surface area contributed by atoms with Crippen LogP contribution >= 0.6 is 0 Å². The molecule has 1 aromatic rings. The van der Waals surface area contributed by atoms with Crippen LogP contribution in [0.15, 0.2) is 0 Å². The van der Waals surface area contributed by atoms with E-state index in [9.17, 15) is 4.79 Å². The molecule has 7 nitrogen and oxygen atoms in total. The maximum atomic E-state index is 11.6. The molecule has 1 atom stereocenters. The van der Waals surface area contributed by atoms with Gasteiger partial charge in [0.2, 0.25) is 5.95 Å². The molecule has 7 heteroatoms. The van der Waals surface area contributed by atoms with Crippen LogP contribution in [0.1, 0.15) is 19.8 Å². The van der Waals surface area contributed by atoms with Crippen molar-refractivity contribution in [2.75, 3.05) is 11.9 Å². The SMILES string of the molecule is CCn1nnnc1NC(=O)[C@H]1CCCO1. The second-order valence-electron chi connectivity index (χ2n) is 3.31. The molecule has 1 aliphatic heterocycles. The number of carbonyl (C=O) groups is 1. The zero-order valence-corrected chi connectivity index (χ0v) is 8.51. The van der Waals surface area contributed by atoms with Crippen LogP contribution in [0.2, 0.25) is 0 Å². The molecule has 2 rings (SSSR count). The van der Waals surface area contributed by atoms with Gasteiger partial charge in [-0.25, -0.2) is 4.68 Å². The van der Waals surface area contributed by atoms with Crippen molar-refractivity contribution in [1.29, 1.82) is 0 Å². The lowest BCUT2D eigenvalue weighted by atomic mass is 10.2. The lowest BCUT2D eigenvalue weighted by Gasteiger charge is -2.08. The number of carbonyl (C=O) groups excluding carboxylic acids is 1. The van der Waals surface area contributed by atoms with Crippen molar-refractivity contribution in [2.24, 2.45) is 0 Å². The van der Waals surface area contributed by atoms with Crippen molar-refractivity contribution in [1.82, 2.24) is 20.2 Å². The minimum Gasteiger partial charge on any atom is -0.368 e. The topological polar surface area (TPSA) is 81.9 Å². The molecule has 82 valence electrons. The Bertz CT molecular complexity index is 345. The number of rotatable bonds is 3. The number of amides is 1. The van der Waals surface area contributed by atoms with Gasteiger partial charge in [-0.15, -0.1) is 0 Å². The molecule has 1 aromatic heterocycles. The average Bonchev–Trinajstić information content (AvgIpc) is 2.87. The molecule has 0 bridgehead atoms. The van der Waals surface area contributed by atoms with Crippen molar-refractivity contribution in [3.8, 4) is 0 Å². The third-order valence-electron chi connectivity index (χ3n) is 2.29. The number of hydrogen-bond acceptors (Lipinski definition) is 5. The van der Waals surface area contributed by atoms with E-state index in [-0.39, 0.29) is 12.0 Å². The smallest absolute Gasteiger partial charge is 0.255 e. The van der Waals surface area contributed by atoms with Gasteiger partial charge in [-0.05, 0) is 30.2 Å². The van der Waals surface area contributed by atoms with E-state index < -0.39 is 0 Å². The van der Waals surface area contributed by atoms with Gasteiger partial charge in [0.05, 0.1) is 0 Å². The number of anilines is 1. The Kier molecular flexibility index (Phi) is 2.91. The first-order valence-electron chi connectivity index (χ1n) is 5.00. The van der Waals surface area contributed by atoms with Crippen molar-refractivity contribution in [2.45, 2.75) is 32.4 Å². The maximum absolute atomic E-state index is 11.6. The maximum Gasteiger partial charge on any atom is 0.255 e. The molecule has 1 amide bonds. The van der Waals surface area contributed by atoms with E-state index in [0.29, 0.717) is 19.1 Å². The summed E-state index contributed by atoms with van der Waals surface area (Å²) in [6.45, 7) is 3.17. The highest BCUT2D eigenvalue weighted by Gasteiger charge is 2.24. The number of aromatic nitrogens is 4. The van der Waals surface area contributed by atoms with Gasteiger partial charge < -0.3 is 4.74 Å². The first-order chi connectivity index (χ1) is 7.31. The lowest BCUT2D eigenvalue weighted by molar-refractivity contribution is -0.124. The van der Waals surface area contributed by atoms with Crippen molar-refractivity contribution >= 4 is 11.9 Å². The normalized spacial score (nSPS) is 20.5. The standard InChI is InChI=1S/C8H13N5O2/c1-2-13-8(10-11-12-13)9-7(14)6-4-3-5-15-6/h6H,2-5H2,1H3,(H,9,10,12,14)/t6-/m1/s1. The summed E-state index contributed by atoms with van der Waals surface area (Å²) in [7, 11) is 0. The fourth-order valence-corrected chi connectivity index (χ4v) is 1.48. The van der Waals surface area contributed by atoms with E-state index >= 15 is 0 Å². The van der Waals surface area contributed by atoms with Crippen LogP contribution in [0.5, 0.6) is 0 Å². The minimum atomic E-state index is -0.355. The molecule has 1 N–H and O–H groups in total. The van der Waals surface area contributed by atoms with Gasteiger partial charge in [0.15, 0.2) is 0 Å². The first kappa shape index (κ1) is 10.0. The van der Waals surface area contributed by atoms with E-state index in [1.165, 1.54) is 4.68 Å². The van der Waals surface area contributed by atoms with Crippen LogP contribution in [0, 0.1) is 0 Å². The molecule has 0 radical (unpaired) electrons. The fraction of sp³-hybridized carbons (Fsp3) is 0.750. The number of ether oxygens (including phenoxy) is 1. The van der Waals surface area contributed by atoms with Gasteiger partial charge in [-0.3, -0.25) is 10.1 Å². The van der Waals surface area contributed by atoms with Crippen molar-refractivity contribution in [3.05, 3.63) is 0 Å². The molecule has 1 aliphatic rings. The summed E-state index contributed by atoms with van der Waals surface area (Å²) in [5.74, 6) is 0.204. The number of tetrazole rings is 1. The Balaban J connectivity index is 1.98. The Morgan fingerprint density at radius 1 is 1.73 bits per heavy atom. The van der Waals surface area contributed by atoms with Gasteiger partial charge in [-0.2, -0.15) is 0 Å². The summed E-state index contributed by atoms with van der Waals surface area (Å²) in [6, 6.07) is 0. The molecule has 1 fully saturated rings. The Morgan fingerprint density at radius 3 is 3.27 bits per heavy atom. The number of nitrogens with zero attached hydrogens (tertiary/aromatic N) is 4. The molecule has 0 aliphatic carbocycles. The Morgan fingerprint density at radius 2 is 2.60 bits per heavy atom. The lowest BCUT2D eigenvalue weighted by Crippen LogP contribution is -2.28. The van der Waals surface area contributed by atoms with Gasteiger partial charge in [0.1, 0.15) is 6.10 Å². The molecule has 0 saturated carbocycles. The van der Waals surface area contributed by atoms with E-state index in [1.807, 2.05) is 6.92 Å². The summed E-state index contributed by atoms with van der Waals surface area (Å²) in [5, 5.41) is 13.6. The van der Waals surface area contributed by atoms with Crippen LogP contribution in [0.3, 0.4) is 0 Å². The predicted molar refractivity (Wildman–Crippen MR) is 51.1 cm³/mol. The molecule has 0 aromatic carbocycles. The third kappa shape index (κ3) is 2.12. The molecule has 15 heavy (non-hydrogen) atoms. The second-order valence-corrected chi connectivity index (χ2v) is 3.31. The Labute approximate surface area is 86.8 Å². The fourth-order valence-electron chi connectivity index (χ4n) is 1.48. The van der Waals surface area contributed by atoms with E-state index in [0.717, 1.165) is 12.8 Å². The number of aryl methyl sites for hydroxylation is 1. The molecular weight excluding hydrogens is 198 g/mol. The monoisotopic (exact) mass is 211 g/mol. The molecular formula is C8H13N5O2. The summed E-state index contributed by atoms with van der Waals surface area (Å²) < 4.78 is 6.77. The van der Waals surface area contributed by atoms with Gasteiger partial charge in [0.25, 0.3) is 5.91 Å². The number of nitrogens with one attached hydrogen (secondary N) is 1. The van der Waals surface area contributed by atoms with Gasteiger partial charge >= 0.3 is 0 Å². The highest BCUT2D eigenvalue weighted by molar-refractivity contribution is 5.92. The van der Waals surface area contributed by atoms with Crippen LogP contribution in [0.4, 0.5) is 5.95 Å². The zero-order valence-electron chi connectivity index (χ0n) is 8.51. The predicted octanol–water partition coefficient (Wildman–Crippen LogP) is -0.190. The zero-order chi connectivity index (χ0) is 10.7. The highest BCUT2D eigenvalue weighted by Crippen LogP contribution is 2.13. The summed E-state index contributed by atoms with van der Waals surface area (Å²) in [4.78, 5) is 11.6. The van der Waals surface area contributed by atoms with Crippen LogP contribution in [-0.2, 0) is 16.1 Å². The van der Waals surface area contributed by atoms with E-state index in [2.05, 4.69) is 20.8 Å². The van der Waals surface area contributed by atoms with Crippen molar-refractivity contribution < 1.29 is 9.53 Å². The van der Waals surface area contributed by atoms with Crippen molar-refractivity contribution in [3.63, 3.8) is 0 Å². The van der Waals surface area contributed by atoms with Crippen LogP contribution in [-0.4, -0.2) is 38.8 Å². The number of hydrogen-bond donors (Lipinski definition) is 1. The third-order valence-corrected chi connectivity index (χ3v) is 2.29. The summed E-state index contributed by atoms with van der Waals surface area (Å²) in [6.07, 6.45) is 1.34. The Hall–Kier alpha value is -1.50. The minimum absolute atomic E-state index is 0.169. The first-order valence-corrected chi connectivity index (χ1v) is 5.00. The second kappa shape index (κ2) is 4.35. The van der Waals surface area contributed by atoms with E-state index in [1.54, 1.807) is 0 Å². The molecule has 0 spiro atoms. The largest absolute Gasteiger partial charge is 0.368 e. The average molecular weight is 211 g/mol. The van der Waals surface area contributed by atoms with Gasteiger partial charge in [0, 0.05) is 13.2 Å². The molecule has 2 heterocycles. The van der Waals surface area contributed by atoms with Crippen LogP contribution in [0.25, 0.3) is 0 Å². The molecule has 1 saturated heterocycles. The highest BCUT2D eigenvalue weighted by atomic mass is 16.5. The summed E-state index contributed by atoms with van der Waals surface area (Å²) >= 11 is 0. The van der Waals surface area contributed by atoms with Gasteiger partial charge in [-0.1, -0.05) is 5.10 Å². The van der Waals surface area contributed by atoms with Crippen LogP contribution < -0.4 is 5.32 Å². The van der Waals surface area contributed by atoms with E-state index in [4.69, 9.17) is 4.74 Å². The summed E-state index contributed by atoms with van der Waals surface area (Å²) in [5.41, 5.74) is 0.